The molecule has 0 spiro atoms. The van der Waals surface area contributed by atoms with E-state index in [1.807, 2.05) is 37.3 Å². The number of halogens is 4. The van der Waals surface area contributed by atoms with Gasteiger partial charge in [0.1, 0.15) is 18.1 Å². The molecule has 0 aliphatic heterocycles. The van der Waals surface area contributed by atoms with Gasteiger partial charge in [-0.2, -0.15) is 0 Å². The molecule has 0 saturated carbocycles. The highest BCUT2D eigenvalue weighted by molar-refractivity contribution is 5.85. The van der Waals surface area contributed by atoms with Crippen LogP contribution in [0.2, 0.25) is 0 Å². The summed E-state index contributed by atoms with van der Waals surface area (Å²) in [5.41, 5.74) is 1.61. The van der Waals surface area contributed by atoms with Crippen molar-refractivity contribution in [3.63, 3.8) is 0 Å². The molecule has 0 aliphatic rings. The van der Waals surface area contributed by atoms with E-state index in [2.05, 4.69) is 10.1 Å². The second-order valence-corrected chi connectivity index (χ2v) is 5.31. The molecular weight excluding hydrogens is 355 g/mol. The van der Waals surface area contributed by atoms with E-state index >= 15 is 0 Å². The fraction of sp³-hybridized carbons (Fsp3) is 0.333. The summed E-state index contributed by atoms with van der Waals surface area (Å²) in [6.45, 7) is 3.53. The summed E-state index contributed by atoms with van der Waals surface area (Å²) in [7, 11) is 0. The van der Waals surface area contributed by atoms with Gasteiger partial charge in [0.2, 0.25) is 0 Å². The maximum Gasteiger partial charge on any atom is 0.573 e. The summed E-state index contributed by atoms with van der Waals surface area (Å²) < 4.78 is 47.1. The number of nitrogens with one attached hydrogen (secondary N) is 1. The molecule has 0 saturated heterocycles. The zero-order valence-electron chi connectivity index (χ0n) is 13.8. The Morgan fingerprint density at radius 3 is 2.28 bits per heavy atom. The van der Waals surface area contributed by atoms with Crippen LogP contribution in [-0.4, -0.2) is 12.9 Å². The summed E-state index contributed by atoms with van der Waals surface area (Å²) in [5.74, 6) is 0.0651. The molecule has 2 aromatic rings. The number of rotatable bonds is 8. The normalized spacial score (nSPS) is 10.9. The second-order valence-electron chi connectivity index (χ2n) is 5.31. The Balaban J connectivity index is 0.00000312. The van der Waals surface area contributed by atoms with Gasteiger partial charge in [-0.15, -0.1) is 25.6 Å². The maximum absolute atomic E-state index is 12.5. The van der Waals surface area contributed by atoms with Gasteiger partial charge in [-0.25, -0.2) is 0 Å². The first-order valence-corrected chi connectivity index (χ1v) is 7.73. The Morgan fingerprint density at radius 2 is 1.64 bits per heavy atom. The van der Waals surface area contributed by atoms with Gasteiger partial charge < -0.3 is 14.8 Å². The van der Waals surface area contributed by atoms with Crippen LogP contribution in [0, 0.1) is 0 Å². The molecule has 138 valence electrons. The third-order valence-corrected chi connectivity index (χ3v) is 3.18. The van der Waals surface area contributed by atoms with Crippen LogP contribution in [-0.2, 0) is 13.2 Å². The van der Waals surface area contributed by atoms with Crippen LogP contribution in [0.1, 0.15) is 24.5 Å². The maximum atomic E-state index is 12.5. The average molecular weight is 376 g/mol. The Labute approximate surface area is 151 Å². The predicted molar refractivity (Wildman–Crippen MR) is 93.1 cm³/mol. The highest BCUT2D eigenvalue weighted by atomic mass is 35.5. The number of benzene rings is 2. The standard InChI is InChI=1S/C18H20F3NO2.ClH/c1-2-8-22-12-15-9-16(11-17(10-15)24-18(19,20)21)23-13-14-6-4-3-5-7-14;/h3-7,9-11,22H,2,8,12-13H2,1H3;1H. The van der Waals surface area contributed by atoms with Crippen LogP contribution in [0.15, 0.2) is 48.5 Å². The summed E-state index contributed by atoms with van der Waals surface area (Å²) in [6, 6.07) is 13.8. The van der Waals surface area contributed by atoms with Gasteiger partial charge in [0, 0.05) is 12.6 Å². The minimum absolute atomic E-state index is 0. The summed E-state index contributed by atoms with van der Waals surface area (Å²) in [6.07, 6.45) is -3.79. The lowest BCUT2D eigenvalue weighted by Gasteiger charge is -2.14. The highest BCUT2D eigenvalue weighted by Crippen LogP contribution is 2.28. The first-order chi connectivity index (χ1) is 11.5. The summed E-state index contributed by atoms with van der Waals surface area (Å²) >= 11 is 0. The third kappa shape index (κ3) is 8.14. The van der Waals surface area contributed by atoms with Crippen LogP contribution < -0.4 is 14.8 Å². The summed E-state index contributed by atoms with van der Waals surface area (Å²) in [4.78, 5) is 0. The van der Waals surface area contributed by atoms with Crippen molar-refractivity contribution in [3.8, 4) is 11.5 Å². The summed E-state index contributed by atoms with van der Waals surface area (Å²) in [5, 5.41) is 3.15. The van der Waals surface area contributed by atoms with E-state index < -0.39 is 6.36 Å². The number of alkyl halides is 3. The van der Waals surface area contributed by atoms with Crippen molar-refractivity contribution in [2.75, 3.05) is 6.54 Å². The van der Waals surface area contributed by atoms with Crippen LogP contribution >= 0.6 is 12.4 Å². The Hall–Kier alpha value is -1.92. The Kier molecular flexibility index (Phi) is 8.58. The molecule has 7 heteroatoms. The van der Waals surface area contributed by atoms with E-state index in [0.29, 0.717) is 17.9 Å². The fourth-order valence-electron chi connectivity index (χ4n) is 2.16. The molecule has 3 nitrogen and oxygen atoms in total. The van der Waals surface area contributed by atoms with Crippen molar-refractivity contribution in [2.45, 2.75) is 32.9 Å². The van der Waals surface area contributed by atoms with Gasteiger partial charge >= 0.3 is 6.36 Å². The number of hydrogen-bond donors (Lipinski definition) is 1. The zero-order valence-corrected chi connectivity index (χ0v) is 14.6. The second kappa shape index (κ2) is 10.2. The van der Waals surface area contributed by atoms with E-state index in [1.165, 1.54) is 12.1 Å². The minimum atomic E-state index is -4.73. The molecule has 0 bridgehead atoms. The van der Waals surface area contributed by atoms with Crippen LogP contribution in [0.5, 0.6) is 11.5 Å². The monoisotopic (exact) mass is 375 g/mol. The van der Waals surface area contributed by atoms with Gasteiger partial charge in [0.05, 0.1) is 0 Å². The van der Waals surface area contributed by atoms with Crippen molar-refractivity contribution in [3.05, 3.63) is 59.7 Å². The topological polar surface area (TPSA) is 30.5 Å². The van der Waals surface area contributed by atoms with Gasteiger partial charge in [0.15, 0.2) is 0 Å². The van der Waals surface area contributed by atoms with Gasteiger partial charge in [-0.1, -0.05) is 37.3 Å². The van der Waals surface area contributed by atoms with E-state index in [1.54, 1.807) is 6.07 Å². The first-order valence-electron chi connectivity index (χ1n) is 7.73. The third-order valence-electron chi connectivity index (χ3n) is 3.18. The van der Waals surface area contributed by atoms with Gasteiger partial charge in [-0.05, 0) is 36.2 Å². The lowest BCUT2D eigenvalue weighted by molar-refractivity contribution is -0.274. The molecule has 0 aromatic heterocycles. The molecule has 25 heavy (non-hydrogen) atoms. The Morgan fingerprint density at radius 1 is 0.960 bits per heavy atom. The van der Waals surface area contributed by atoms with Crippen LogP contribution in [0.4, 0.5) is 13.2 Å². The number of hydrogen-bond acceptors (Lipinski definition) is 3. The van der Waals surface area contributed by atoms with E-state index in [-0.39, 0.29) is 24.8 Å². The molecule has 2 rings (SSSR count). The van der Waals surface area contributed by atoms with Gasteiger partial charge in [0.25, 0.3) is 0 Å². The SMILES string of the molecule is CCCNCc1cc(OCc2ccccc2)cc(OC(F)(F)F)c1.Cl. The smallest absolute Gasteiger partial charge is 0.489 e. The lowest BCUT2D eigenvalue weighted by Crippen LogP contribution is -2.18. The average Bonchev–Trinajstić information content (AvgIpc) is 2.52. The molecule has 0 amide bonds. The van der Waals surface area contributed by atoms with Crippen LogP contribution in [0.3, 0.4) is 0 Å². The van der Waals surface area contributed by atoms with Gasteiger partial charge in [-0.3, -0.25) is 0 Å². The van der Waals surface area contributed by atoms with E-state index in [0.717, 1.165) is 18.5 Å². The molecule has 0 aliphatic carbocycles. The lowest BCUT2D eigenvalue weighted by atomic mass is 10.2. The molecule has 1 N–H and O–H groups in total. The van der Waals surface area contributed by atoms with E-state index in [4.69, 9.17) is 4.74 Å². The fourth-order valence-corrected chi connectivity index (χ4v) is 2.16. The van der Waals surface area contributed by atoms with Crippen molar-refractivity contribution in [1.82, 2.24) is 5.32 Å². The molecular formula is C18H21ClF3NO2. The predicted octanol–water partition coefficient (Wildman–Crippen LogP) is 5.09. The zero-order chi connectivity index (χ0) is 17.4. The van der Waals surface area contributed by atoms with Crippen molar-refractivity contribution in [1.29, 1.82) is 0 Å². The van der Waals surface area contributed by atoms with E-state index in [9.17, 15) is 13.2 Å². The molecule has 2 aromatic carbocycles. The van der Waals surface area contributed by atoms with Crippen molar-refractivity contribution < 1.29 is 22.6 Å². The van der Waals surface area contributed by atoms with Crippen LogP contribution in [0.25, 0.3) is 0 Å². The quantitative estimate of drug-likeness (QED) is 0.652. The minimum Gasteiger partial charge on any atom is -0.489 e. The largest absolute Gasteiger partial charge is 0.573 e. The molecule has 0 radical (unpaired) electrons. The Bertz CT molecular complexity index is 636. The molecule has 0 heterocycles. The first kappa shape index (κ1) is 21.1. The molecule has 0 unspecified atom stereocenters. The number of ether oxygens (including phenoxy) is 2. The molecule has 0 fully saturated rings. The van der Waals surface area contributed by atoms with Crippen molar-refractivity contribution >= 4 is 12.4 Å². The molecule has 0 atom stereocenters. The highest BCUT2D eigenvalue weighted by Gasteiger charge is 2.31. The van der Waals surface area contributed by atoms with Crippen molar-refractivity contribution in [2.24, 2.45) is 0 Å².